The lowest BCUT2D eigenvalue weighted by Gasteiger charge is -2.12. The zero-order valence-electron chi connectivity index (χ0n) is 15.1. The number of anilines is 1. The van der Waals surface area contributed by atoms with Gasteiger partial charge in [0.05, 0.1) is 4.92 Å². The van der Waals surface area contributed by atoms with E-state index < -0.39 is 17.4 Å². The van der Waals surface area contributed by atoms with Crippen LogP contribution in [-0.2, 0) is 4.79 Å². The lowest BCUT2D eigenvalue weighted by atomic mass is 10.1. The largest absolute Gasteiger partial charge is 0.477 e. The van der Waals surface area contributed by atoms with Crippen LogP contribution in [0.25, 0.3) is 0 Å². The van der Waals surface area contributed by atoms with Gasteiger partial charge >= 0.3 is 5.69 Å². The van der Waals surface area contributed by atoms with Gasteiger partial charge in [0.15, 0.2) is 12.4 Å². The Morgan fingerprint density at radius 3 is 2.63 bits per heavy atom. The van der Waals surface area contributed by atoms with E-state index >= 15 is 0 Å². The van der Waals surface area contributed by atoms with Crippen LogP contribution in [0, 0.1) is 10.1 Å². The van der Waals surface area contributed by atoms with Gasteiger partial charge in [-0.1, -0.05) is 25.1 Å². The molecule has 2 rings (SSSR count). The number of nitrogens with one attached hydrogen (secondary N) is 2. The number of nitrogens with zero attached hydrogens (tertiary/aromatic N) is 1. The molecule has 8 nitrogen and oxygen atoms in total. The van der Waals surface area contributed by atoms with E-state index in [-0.39, 0.29) is 23.4 Å². The molecule has 0 aliphatic carbocycles. The molecule has 0 saturated carbocycles. The zero-order chi connectivity index (χ0) is 19.8. The summed E-state index contributed by atoms with van der Waals surface area (Å²) in [6.45, 7) is 3.48. The Balaban J connectivity index is 1.97. The second-order valence-electron chi connectivity index (χ2n) is 5.93. The average Bonchev–Trinajstić information content (AvgIpc) is 2.66. The van der Waals surface area contributed by atoms with Gasteiger partial charge in [-0.15, -0.1) is 0 Å². The maximum Gasteiger partial charge on any atom is 0.310 e. The summed E-state index contributed by atoms with van der Waals surface area (Å²) in [5, 5.41) is 16.4. The van der Waals surface area contributed by atoms with Gasteiger partial charge in [0.1, 0.15) is 0 Å². The molecule has 2 amide bonds. The van der Waals surface area contributed by atoms with Crippen LogP contribution in [-0.4, -0.2) is 29.4 Å². The summed E-state index contributed by atoms with van der Waals surface area (Å²) in [6.07, 6.45) is 0.811. The highest BCUT2D eigenvalue weighted by molar-refractivity contribution is 5.97. The van der Waals surface area contributed by atoms with Crippen LogP contribution in [0.4, 0.5) is 11.4 Å². The van der Waals surface area contributed by atoms with E-state index in [2.05, 4.69) is 10.6 Å². The minimum absolute atomic E-state index is 0.0133. The second kappa shape index (κ2) is 9.33. The van der Waals surface area contributed by atoms with Crippen molar-refractivity contribution in [2.24, 2.45) is 0 Å². The lowest BCUT2D eigenvalue weighted by molar-refractivity contribution is -0.385. The van der Waals surface area contributed by atoms with Crippen molar-refractivity contribution in [3.05, 3.63) is 64.2 Å². The highest BCUT2D eigenvalue weighted by atomic mass is 16.6. The first-order valence-corrected chi connectivity index (χ1v) is 8.47. The molecule has 0 fully saturated rings. The predicted octanol–water partition coefficient (Wildman–Crippen LogP) is 3.14. The normalized spacial score (nSPS) is 11.3. The summed E-state index contributed by atoms with van der Waals surface area (Å²) in [7, 11) is 0. The first kappa shape index (κ1) is 19.9. The molecule has 2 N–H and O–H groups in total. The standard InChI is InChI=1S/C19H21N3O5/c1-3-13(2)20-19(24)14-7-6-8-15(11-14)21-18(23)12-27-17-10-5-4-9-16(17)22(25)26/h4-11,13H,3,12H2,1-2H3,(H,20,24)(H,21,23). The van der Waals surface area contributed by atoms with Crippen LogP contribution >= 0.6 is 0 Å². The van der Waals surface area contributed by atoms with E-state index in [1.165, 1.54) is 18.2 Å². The molecule has 8 heteroatoms. The van der Waals surface area contributed by atoms with Gasteiger partial charge in [-0.25, -0.2) is 0 Å². The number of hydrogen-bond acceptors (Lipinski definition) is 5. The van der Waals surface area contributed by atoms with Gasteiger partial charge < -0.3 is 15.4 Å². The summed E-state index contributed by atoms with van der Waals surface area (Å²) in [6, 6.07) is 12.4. The summed E-state index contributed by atoms with van der Waals surface area (Å²) < 4.78 is 5.24. The smallest absolute Gasteiger partial charge is 0.310 e. The van der Waals surface area contributed by atoms with Gasteiger partial charge in [-0.2, -0.15) is 0 Å². The van der Waals surface area contributed by atoms with Crippen molar-refractivity contribution in [2.45, 2.75) is 26.3 Å². The van der Waals surface area contributed by atoms with E-state index in [0.717, 1.165) is 6.42 Å². The number of nitro benzene ring substituents is 1. The van der Waals surface area contributed by atoms with Crippen molar-refractivity contribution in [3.8, 4) is 5.75 Å². The SMILES string of the molecule is CCC(C)NC(=O)c1cccc(NC(=O)COc2ccccc2[N+](=O)[O-])c1. The molecular weight excluding hydrogens is 350 g/mol. The van der Waals surface area contributed by atoms with Crippen LogP contribution in [0.2, 0.25) is 0 Å². The Kier molecular flexibility index (Phi) is 6.87. The van der Waals surface area contributed by atoms with Crippen molar-refractivity contribution >= 4 is 23.2 Å². The fraction of sp³-hybridized carbons (Fsp3) is 0.263. The number of hydrogen-bond donors (Lipinski definition) is 2. The highest BCUT2D eigenvalue weighted by Gasteiger charge is 2.15. The third-order valence-corrected chi connectivity index (χ3v) is 3.82. The summed E-state index contributed by atoms with van der Waals surface area (Å²) in [5.74, 6) is -0.705. The molecule has 0 spiro atoms. The Labute approximate surface area is 156 Å². The monoisotopic (exact) mass is 371 g/mol. The van der Waals surface area contributed by atoms with E-state index in [9.17, 15) is 19.7 Å². The van der Waals surface area contributed by atoms with Crippen LogP contribution in [0.1, 0.15) is 30.6 Å². The first-order chi connectivity index (χ1) is 12.9. The number of benzene rings is 2. The Bertz CT molecular complexity index is 838. The molecule has 0 radical (unpaired) electrons. The molecule has 0 heterocycles. The summed E-state index contributed by atoms with van der Waals surface area (Å²) in [4.78, 5) is 34.6. The number of carbonyl (C=O) groups excluding carboxylic acids is 2. The van der Waals surface area contributed by atoms with E-state index in [4.69, 9.17) is 4.74 Å². The van der Waals surface area contributed by atoms with Gasteiger partial charge in [0.25, 0.3) is 11.8 Å². The molecule has 0 bridgehead atoms. The maximum absolute atomic E-state index is 12.2. The third-order valence-electron chi connectivity index (χ3n) is 3.82. The highest BCUT2D eigenvalue weighted by Crippen LogP contribution is 2.25. The Hall–Kier alpha value is -3.42. The van der Waals surface area contributed by atoms with Gasteiger partial charge in [0.2, 0.25) is 0 Å². The second-order valence-corrected chi connectivity index (χ2v) is 5.93. The topological polar surface area (TPSA) is 111 Å². The molecule has 2 aromatic rings. The number of rotatable bonds is 8. The minimum atomic E-state index is -0.577. The minimum Gasteiger partial charge on any atom is -0.477 e. The molecular formula is C19H21N3O5. The van der Waals surface area contributed by atoms with E-state index in [0.29, 0.717) is 11.3 Å². The molecule has 0 aliphatic heterocycles. The predicted molar refractivity (Wildman–Crippen MR) is 101 cm³/mol. The van der Waals surface area contributed by atoms with E-state index in [1.807, 2.05) is 13.8 Å². The first-order valence-electron chi connectivity index (χ1n) is 8.47. The van der Waals surface area contributed by atoms with Gasteiger partial charge in [-0.3, -0.25) is 19.7 Å². The molecule has 27 heavy (non-hydrogen) atoms. The number of carbonyl (C=O) groups is 2. The summed E-state index contributed by atoms with van der Waals surface area (Å²) >= 11 is 0. The maximum atomic E-state index is 12.2. The van der Waals surface area contributed by atoms with Crippen molar-refractivity contribution in [1.82, 2.24) is 5.32 Å². The quantitative estimate of drug-likeness (QED) is 0.547. The number of amides is 2. The third kappa shape index (κ3) is 5.81. The van der Waals surface area contributed by atoms with E-state index in [1.54, 1.807) is 30.3 Å². The number of para-hydroxylation sites is 2. The zero-order valence-corrected chi connectivity index (χ0v) is 15.1. The fourth-order valence-electron chi connectivity index (χ4n) is 2.22. The van der Waals surface area contributed by atoms with Crippen LogP contribution in [0.3, 0.4) is 0 Å². The molecule has 0 saturated heterocycles. The van der Waals surface area contributed by atoms with Gasteiger partial charge in [0, 0.05) is 23.4 Å². The molecule has 142 valence electrons. The molecule has 2 aromatic carbocycles. The van der Waals surface area contributed by atoms with Crippen LogP contribution < -0.4 is 15.4 Å². The average molecular weight is 371 g/mol. The van der Waals surface area contributed by atoms with Crippen molar-refractivity contribution < 1.29 is 19.2 Å². The number of nitro groups is 1. The van der Waals surface area contributed by atoms with Crippen LogP contribution in [0.5, 0.6) is 5.75 Å². The van der Waals surface area contributed by atoms with Crippen molar-refractivity contribution in [3.63, 3.8) is 0 Å². The molecule has 1 unspecified atom stereocenters. The summed E-state index contributed by atoms with van der Waals surface area (Å²) in [5.41, 5.74) is 0.643. The molecule has 1 atom stereocenters. The fourth-order valence-corrected chi connectivity index (χ4v) is 2.22. The number of ether oxygens (including phenoxy) is 1. The van der Waals surface area contributed by atoms with Crippen molar-refractivity contribution in [1.29, 1.82) is 0 Å². The Morgan fingerprint density at radius 2 is 1.93 bits per heavy atom. The van der Waals surface area contributed by atoms with Crippen molar-refractivity contribution in [2.75, 3.05) is 11.9 Å². The molecule has 0 aromatic heterocycles. The lowest BCUT2D eigenvalue weighted by Crippen LogP contribution is -2.32. The molecule has 0 aliphatic rings. The Morgan fingerprint density at radius 1 is 1.19 bits per heavy atom. The van der Waals surface area contributed by atoms with Gasteiger partial charge in [-0.05, 0) is 37.6 Å². The van der Waals surface area contributed by atoms with Crippen LogP contribution in [0.15, 0.2) is 48.5 Å².